The molecule has 0 bridgehead atoms. The van der Waals surface area contributed by atoms with Crippen LogP contribution >= 0.6 is 0 Å². The van der Waals surface area contributed by atoms with E-state index in [4.69, 9.17) is 5.73 Å². The molecule has 0 radical (unpaired) electrons. The van der Waals surface area contributed by atoms with Gasteiger partial charge in [0.2, 0.25) is 0 Å². The first-order valence-electron chi connectivity index (χ1n) is 6.45. The first kappa shape index (κ1) is 12.5. The number of amides is 1. The average molecular weight is 269 g/mol. The first-order valence-corrected chi connectivity index (χ1v) is 6.45. The molecule has 1 aromatic heterocycles. The molecule has 1 aromatic carbocycles. The van der Waals surface area contributed by atoms with Gasteiger partial charge in [0.25, 0.3) is 5.91 Å². The van der Waals surface area contributed by atoms with Crippen molar-refractivity contribution in [2.45, 2.75) is 13.0 Å². The van der Waals surface area contributed by atoms with Gasteiger partial charge in [0.15, 0.2) is 5.69 Å². The highest BCUT2D eigenvalue weighted by Gasteiger charge is 2.24. The van der Waals surface area contributed by atoms with Gasteiger partial charge in [-0.2, -0.15) is 0 Å². The zero-order valence-electron chi connectivity index (χ0n) is 10.9. The summed E-state index contributed by atoms with van der Waals surface area (Å²) in [4.78, 5) is 18.2. The number of nitrogen functional groups attached to an aromatic ring is 1. The Morgan fingerprint density at radius 1 is 1.30 bits per heavy atom. The molecule has 1 aliphatic rings. The van der Waals surface area contributed by atoms with Crippen LogP contribution < -0.4 is 5.73 Å². The van der Waals surface area contributed by atoms with Gasteiger partial charge in [-0.05, 0) is 41.8 Å². The number of benzene rings is 1. The van der Waals surface area contributed by atoms with Crippen molar-refractivity contribution in [3.8, 4) is 5.75 Å². The summed E-state index contributed by atoms with van der Waals surface area (Å²) in [5.41, 5.74) is 8.61. The lowest BCUT2D eigenvalue weighted by Crippen LogP contribution is -2.36. The van der Waals surface area contributed by atoms with Gasteiger partial charge in [0, 0.05) is 19.3 Å². The predicted molar refractivity (Wildman–Crippen MR) is 75.2 cm³/mol. The molecule has 0 fully saturated rings. The van der Waals surface area contributed by atoms with Gasteiger partial charge < -0.3 is 15.7 Å². The monoisotopic (exact) mass is 269 g/mol. The SMILES string of the molecule is Nc1cccnc1C(=O)N1CCc2ccc(O)cc2C1. The number of nitrogens with two attached hydrogens (primary N) is 1. The smallest absolute Gasteiger partial charge is 0.274 e. The maximum absolute atomic E-state index is 12.4. The topological polar surface area (TPSA) is 79.5 Å². The maximum atomic E-state index is 12.4. The Bertz CT molecular complexity index is 670. The summed E-state index contributed by atoms with van der Waals surface area (Å²) in [6, 6.07) is 8.66. The van der Waals surface area contributed by atoms with E-state index in [-0.39, 0.29) is 17.4 Å². The Kier molecular flexibility index (Phi) is 3.02. The van der Waals surface area contributed by atoms with Crippen LogP contribution in [0.4, 0.5) is 5.69 Å². The molecule has 0 spiro atoms. The summed E-state index contributed by atoms with van der Waals surface area (Å²) in [7, 11) is 0. The van der Waals surface area contributed by atoms with Crippen LogP contribution in [0.5, 0.6) is 5.75 Å². The molecule has 0 unspecified atom stereocenters. The Hall–Kier alpha value is -2.56. The van der Waals surface area contributed by atoms with Crippen LogP contribution in [-0.2, 0) is 13.0 Å². The number of carbonyl (C=O) groups excluding carboxylic acids is 1. The number of rotatable bonds is 1. The summed E-state index contributed by atoms with van der Waals surface area (Å²) >= 11 is 0. The summed E-state index contributed by atoms with van der Waals surface area (Å²) in [5.74, 6) is 0.0486. The Morgan fingerprint density at radius 3 is 2.95 bits per heavy atom. The molecule has 0 saturated carbocycles. The van der Waals surface area contributed by atoms with E-state index < -0.39 is 0 Å². The van der Waals surface area contributed by atoms with E-state index in [0.29, 0.717) is 18.8 Å². The fraction of sp³-hybridized carbons (Fsp3) is 0.200. The molecule has 20 heavy (non-hydrogen) atoms. The number of nitrogens with zero attached hydrogens (tertiary/aromatic N) is 2. The van der Waals surface area contributed by atoms with Crippen molar-refractivity contribution in [2.75, 3.05) is 12.3 Å². The van der Waals surface area contributed by atoms with E-state index in [2.05, 4.69) is 4.98 Å². The Morgan fingerprint density at radius 2 is 2.15 bits per heavy atom. The van der Waals surface area contributed by atoms with Gasteiger partial charge >= 0.3 is 0 Å². The van der Waals surface area contributed by atoms with Gasteiger partial charge in [0.1, 0.15) is 5.75 Å². The quantitative estimate of drug-likeness (QED) is 0.823. The zero-order chi connectivity index (χ0) is 14.1. The van der Waals surface area contributed by atoms with Gasteiger partial charge in [0.05, 0.1) is 5.69 Å². The van der Waals surface area contributed by atoms with E-state index in [1.165, 1.54) is 5.56 Å². The molecule has 3 rings (SSSR count). The van der Waals surface area contributed by atoms with E-state index in [1.807, 2.05) is 6.07 Å². The lowest BCUT2D eigenvalue weighted by Gasteiger charge is -2.29. The van der Waals surface area contributed by atoms with Gasteiger partial charge in [-0.1, -0.05) is 6.07 Å². The number of aromatic nitrogens is 1. The second-order valence-electron chi connectivity index (χ2n) is 4.87. The van der Waals surface area contributed by atoms with E-state index in [9.17, 15) is 9.90 Å². The van der Waals surface area contributed by atoms with Crippen LogP contribution in [0.1, 0.15) is 21.6 Å². The number of hydrogen-bond donors (Lipinski definition) is 2. The molecule has 0 aliphatic carbocycles. The standard InChI is InChI=1S/C15H15N3O2/c16-13-2-1-6-17-14(13)15(20)18-7-5-10-3-4-12(19)8-11(10)9-18/h1-4,6,8,19H,5,7,9,16H2. The summed E-state index contributed by atoms with van der Waals surface area (Å²) in [5, 5.41) is 9.54. The molecule has 1 aliphatic heterocycles. The van der Waals surface area contributed by atoms with Crippen molar-refractivity contribution in [3.05, 3.63) is 53.3 Å². The number of aromatic hydroxyl groups is 1. The number of fused-ring (bicyclic) bond motifs is 1. The second kappa shape index (κ2) is 4.85. The largest absolute Gasteiger partial charge is 0.508 e. The molecule has 0 saturated heterocycles. The van der Waals surface area contributed by atoms with E-state index >= 15 is 0 Å². The van der Waals surface area contributed by atoms with Crippen molar-refractivity contribution in [1.29, 1.82) is 0 Å². The van der Waals surface area contributed by atoms with Crippen LogP contribution in [0.15, 0.2) is 36.5 Å². The molecule has 2 aromatic rings. The number of phenols is 1. The minimum absolute atomic E-state index is 0.169. The number of carbonyl (C=O) groups is 1. The first-order chi connectivity index (χ1) is 9.65. The fourth-order valence-corrected chi connectivity index (χ4v) is 2.46. The highest BCUT2D eigenvalue weighted by molar-refractivity contribution is 5.97. The normalized spacial score (nSPS) is 13.9. The van der Waals surface area contributed by atoms with E-state index in [1.54, 1.807) is 35.4 Å². The molecule has 5 heteroatoms. The van der Waals surface area contributed by atoms with Crippen LogP contribution in [0.2, 0.25) is 0 Å². The molecule has 102 valence electrons. The summed E-state index contributed by atoms with van der Waals surface area (Å²) in [6.07, 6.45) is 2.33. The average Bonchev–Trinajstić information content (AvgIpc) is 2.46. The fourth-order valence-electron chi connectivity index (χ4n) is 2.46. The lowest BCUT2D eigenvalue weighted by molar-refractivity contribution is 0.0729. The van der Waals surface area contributed by atoms with Crippen LogP contribution in [0.25, 0.3) is 0 Å². The van der Waals surface area contributed by atoms with Crippen LogP contribution in [0.3, 0.4) is 0 Å². The third-order valence-corrected chi connectivity index (χ3v) is 3.53. The summed E-state index contributed by atoms with van der Waals surface area (Å²) in [6.45, 7) is 1.10. The zero-order valence-corrected chi connectivity index (χ0v) is 10.9. The lowest BCUT2D eigenvalue weighted by atomic mass is 9.99. The van der Waals surface area contributed by atoms with Crippen LogP contribution in [-0.4, -0.2) is 27.4 Å². The highest BCUT2D eigenvalue weighted by atomic mass is 16.3. The molecular weight excluding hydrogens is 254 g/mol. The Labute approximate surface area is 116 Å². The van der Waals surface area contributed by atoms with Gasteiger partial charge in [-0.25, -0.2) is 4.98 Å². The highest BCUT2D eigenvalue weighted by Crippen LogP contribution is 2.24. The van der Waals surface area contributed by atoms with Crippen molar-refractivity contribution in [3.63, 3.8) is 0 Å². The molecule has 0 atom stereocenters. The molecular formula is C15H15N3O2. The molecule has 2 heterocycles. The van der Waals surface area contributed by atoms with Gasteiger partial charge in [-0.15, -0.1) is 0 Å². The van der Waals surface area contributed by atoms with Crippen LogP contribution in [0, 0.1) is 0 Å². The van der Waals surface area contributed by atoms with Crippen molar-refractivity contribution >= 4 is 11.6 Å². The van der Waals surface area contributed by atoms with E-state index in [0.717, 1.165) is 12.0 Å². The molecule has 3 N–H and O–H groups in total. The van der Waals surface area contributed by atoms with Gasteiger partial charge in [-0.3, -0.25) is 4.79 Å². The number of phenolic OH excluding ortho intramolecular Hbond substituents is 1. The van der Waals surface area contributed by atoms with Crippen molar-refractivity contribution in [2.24, 2.45) is 0 Å². The number of hydrogen-bond acceptors (Lipinski definition) is 4. The minimum Gasteiger partial charge on any atom is -0.508 e. The molecule has 5 nitrogen and oxygen atoms in total. The maximum Gasteiger partial charge on any atom is 0.274 e. The number of anilines is 1. The third kappa shape index (κ3) is 2.18. The summed E-state index contributed by atoms with van der Waals surface area (Å²) < 4.78 is 0. The minimum atomic E-state index is -0.169. The van der Waals surface area contributed by atoms with Crippen molar-refractivity contribution < 1.29 is 9.90 Å². The third-order valence-electron chi connectivity index (χ3n) is 3.53. The Balaban J connectivity index is 1.87. The predicted octanol–water partition coefficient (Wildman–Crippen LogP) is 1.57. The van der Waals surface area contributed by atoms with Crippen molar-refractivity contribution in [1.82, 2.24) is 9.88 Å². The second-order valence-corrected chi connectivity index (χ2v) is 4.87. The number of pyridine rings is 1. The molecule has 1 amide bonds.